The lowest BCUT2D eigenvalue weighted by molar-refractivity contribution is -0.137. The van der Waals surface area contributed by atoms with Crippen molar-refractivity contribution in [3.63, 3.8) is 0 Å². The minimum atomic E-state index is -4.41. The number of rotatable bonds is 3. The maximum Gasteiger partial charge on any atom is 0.416 e. The molecule has 1 heterocycles. The van der Waals surface area contributed by atoms with Crippen LogP contribution in [0.25, 0.3) is 6.08 Å². The Bertz CT molecular complexity index is 637. The molecule has 0 atom stereocenters. The van der Waals surface area contributed by atoms with Crippen molar-refractivity contribution in [1.29, 1.82) is 0 Å². The Morgan fingerprint density at radius 3 is 2.71 bits per heavy atom. The van der Waals surface area contributed by atoms with Crippen molar-refractivity contribution in [1.82, 2.24) is 4.90 Å². The Kier molecular flexibility index (Phi) is 4.53. The highest BCUT2D eigenvalue weighted by molar-refractivity contribution is 8.26. The fourth-order valence-electron chi connectivity index (χ4n) is 1.74. The molecule has 0 bridgehead atoms. The third kappa shape index (κ3) is 3.54. The number of amides is 1. The van der Waals surface area contributed by atoms with Gasteiger partial charge >= 0.3 is 6.18 Å². The highest BCUT2D eigenvalue weighted by atomic mass is 32.2. The summed E-state index contributed by atoms with van der Waals surface area (Å²) in [5.74, 6) is -0.317. The van der Waals surface area contributed by atoms with E-state index in [2.05, 4.69) is 6.58 Å². The maximum atomic E-state index is 12.6. The third-order valence-electron chi connectivity index (χ3n) is 2.70. The van der Waals surface area contributed by atoms with Gasteiger partial charge in [-0.15, -0.1) is 6.58 Å². The standard InChI is InChI=1S/C14H10F3NOS2/c1-2-6-18-12(19)11(21-13(18)20)8-9-4-3-5-10(7-9)14(15,16)17/h2-5,7-8H,1,6H2. The smallest absolute Gasteiger partial charge is 0.289 e. The topological polar surface area (TPSA) is 20.3 Å². The van der Waals surface area contributed by atoms with E-state index in [1.165, 1.54) is 29.2 Å². The van der Waals surface area contributed by atoms with Crippen LogP contribution in [0.15, 0.2) is 41.8 Å². The number of carbonyl (C=O) groups is 1. The number of halogens is 3. The van der Waals surface area contributed by atoms with Gasteiger partial charge in [0.15, 0.2) is 0 Å². The quantitative estimate of drug-likeness (QED) is 0.473. The molecule has 0 unspecified atom stereocenters. The van der Waals surface area contributed by atoms with Gasteiger partial charge in [-0.3, -0.25) is 9.69 Å². The van der Waals surface area contributed by atoms with E-state index in [1.54, 1.807) is 0 Å². The van der Waals surface area contributed by atoms with Gasteiger partial charge in [0.05, 0.1) is 10.5 Å². The number of alkyl halides is 3. The molecule has 0 spiro atoms. The highest BCUT2D eigenvalue weighted by Gasteiger charge is 2.32. The summed E-state index contributed by atoms with van der Waals surface area (Å²) in [5, 5.41) is 0. The van der Waals surface area contributed by atoms with Crippen LogP contribution in [0.1, 0.15) is 11.1 Å². The molecule has 21 heavy (non-hydrogen) atoms. The van der Waals surface area contributed by atoms with Crippen molar-refractivity contribution in [2.45, 2.75) is 6.18 Å². The molecule has 1 aliphatic rings. The van der Waals surface area contributed by atoms with E-state index in [0.717, 1.165) is 23.9 Å². The van der Waals surface area contributed by atoms with Crippen molar-refractivity contribution in [3.05, 3.63) is 53.0 Å². The summed E-state index contributed by atoms with van der Waals surface area (Å²) in [4.78, 5) is 13.7. The monoisotopic (exact) mass is 329 g/mol. The summed E-state index contributed by atoms with van der Waals surface area (Å²) in [6, 6.07) is 4.80. The minimum Gasteiger partial charge on any atom is -0.289 e. The van der Waals surface area contributed by atoms with Gasteiger partial charge < -0.3 is 0 Å². The Morgan fingerprint density at radius 1 is 1.38 bits per heavy atom. The first-order chi connectivity index (χ1) is 9.82. The molecule has 1 aliphatic heterocycles. The number of thiocarbonyl (C=S) groups is 1. The van der Waals surface area contributed by atoms with E-state index >= 15 is 0 Å². The average Bonchev–Trinajstić information content (AvgIpc) is 2.66. The molecule has 0 aliphatic carbocycles. The second-order valence-corrected chi connectivity index (χ2v) is 5.88. The lowest BCUT2D eigenvalue weighted by Gasteiger charge is -2.10. The zero-order valence-electron chi connectivity index (χ0n) is 10.7. The van der Waals surface area contributed by atoms with Crippen LogP contribution >= 0.6 is 24.0 Å². The molecule has 110 valence electrons. The second-order valence-electron chi connectivity index (χ2n) is 4.20. The SMILES string of the molecule is C=CCN1C(=O)C(=Cc2cccc(C(F)(F)F)c2)SC1=S. The fraction of sp³-hybridized carbons (Fsp3) is 0.143. The molecule has 7 heteroatoms. The molecule has 2 rings (SSSR count). The van der Waals surface area contributed by atoms with E-state index < -0.39 is 11.7 Å². The highest BCUT2D eigenvalue weighted by Crippen LogP contribution is 2.34. The van der Waals surface area contributed by atoms with E-state index in [0.29, 0.717) is 14.8 Å². The first-order valence-electron chi connectivity index (χ1n) is 5.86. The zero-order valence-corrected chi connectivity index (χ0v) is 12.3. The predicted molar refractivity (Wildman–Crippen MR) is 81.5 cm³/mol. The number of benzene rings is 1. The summed E-state index contributed by atoms with van der Waals surface area (Å²) < 4.78 is 38.3. The first kappa shape index (κ1) is 15.8. The van der Waals surface area contributed by atoms with Gasteiger partial charge in [0.2, 0.25) is 0 Å². The molecule has 1 aromatic carbocycles. The van der Waals surface area contributed by atoms with Gasteiger partial charge in [0.25, 0.3) is 5.91 Å². The van der Waals surface area contributed by atoms with E-state index in [1.807, 2.05) is 0 Å². The van der Waals surface area contributed by atoms with E-state index in [4.69, 9.17) is 12.2 Å². The molecule has 0 aromatic heterocycles. The number of hydrogen-bond acceptors (Lipinski definition) is 3. The maximum absolute atomic E-state index is 12.6. The van der Waals surface area contributed by atoms with Crippen LogP contribution in [0.3, 0.4) is 0 Å². The second kappa shape index (κ2) is 6.03. The van der Waals surface area contributed by atoms with E-state index in [-0.39, 0.29) is 12.5 Å². The minimum absolute atomic E-state index is 0.282. The fourth-order valence-corrected chi connectivity index (χ4v) is 3.02. The van der Waals surface area contributed by atoms with Gasteiger partial charge in [-0.05, 0) is 23.8 Å². The Morgan fingerprint density at radius 2 is 2.10 bits per heavy atom. The molecule has 0 saturated carbocycles. The Balaban J connectivity index is 2.31. The molecule has 1 amide bonds. The van der Waals surface area contributed by atoms with Crippen molar-refractivity contribution in [2.75, 3.05) is 6.54 Å². The number of carbonyl (C=O) groups excluding carboxylic acids is 1. The molecule has 2 nitrogen and oxygen atoms in total. The van der Waals surface area contributed by atoms with Crippen molar-refractivity contribution >= 4 is 40.3 Å². The molecule has 1 fully saturated rings. The summed E-state index contributed by atoms with van der Waals surface area (Å²) in [5.41, 5.74) is -0.443. The first-order valence-corrected chi connectivity index (χ1v) is 7.09. The van der Waals surface area contributed by atoms with Crippen LogP contribution in [0.2, 0.25) is 0 Å². The number of thioether (sulfide) groups is 1. The molecular formula is C14H10F3NOS2. The average molecular weight is 329 g/mol. The Labute approximate surface area is 129 Å². The van der Waals surface area contributed by atoms with Gasteiger partial charge in [-0.2, -0.15) is 13.2 Å². The normalized spacial score (nSPS) is 17.7. The van der Waals surface area contributed by atoms with E-state index in [9.17, 15) is 18.0 Å². The van der Waals surface area contributed by atoms with Crippen LogP contribution in [0, 0.1) is 0 Å². The lowest BCUT2D eigenvalue weighted by atomic mass is 10.1. The van der Waals surface area contributed by atoms with Crippen molar-refractivity contribution < 1.29 is 18.0 Å². The summed E-state index contributed by atoms with van der Waals surface area (Å²) in [7, 11) is 0. The van der Waals surface area contributed by atoms with Crippen molar-refractivity contribution in [3.8, 4) is 0 Å². The predicted octanol–water partition coefficient (Wildman–Crippen LogP) is 4.09. The van der Waals surface area contributed by atoms with Crippen LogP contribution < -0.4 is 0 Å². The summed E-state index contributed by atoms with van der Waals surface area (Å²) in [6.45, 7) is 3.82. The van der Waals surface area contributed by atoms with Gasteiger partial charge in [0.1, 0.15) is 4.32 Å². The summed E-state index contributed by atoms with van der Waals surface area (Å²) >= 11 is 6.13. The number of hydrogen-bond donors (Lipinski definition) is 0. The van der Waals surface area contributed by atoms with Gasteiger partial charge in [-0.25, -0.2) is 0 Å². The van der Waals surface area contributed by atoms with Gasteiger partial charge in [0, 0.05) is 6.54 Å². The van der Waals surface area contributed by atoms with Crippen LogP contribution in [-0.2, 0) is 11.0 Å². The van der Waals surface area contributed by atoms with Crippen LogP contribution in [0.5, 0.6) is 0 Å². The van der Waals surface area contributed by atoms with Crippen LogP contribution in [0.4, 0.5) is 13.2 Å². The summed E-state index contributed by atoms with van der Waals surface area (Å²) in [6.07, 6.45) is -1.46. The molecular weight excluding hydrogens is 319 g/mol. The largest absolute Gasteiger partial charge is 0.416 e. The van der Waals surface area contributed by atoms with Crippen LogP contribution in [-0.4, -0.2) is 21.7 Å². The van der Waals surface area contributed by atoms with Gasteiger partial charge in [-0.1, -0.05) is 42.2 Å². The molecule has 0 N–H and O–H groups in total. The molecule has 1 saturated heterocycles. The lowest BCUT2D eigenvalue weighted by Crippen LogP contribution is -2.27. The Hall–Kier alpha value is -1.60. The molecule has 1 aromatic rings. The van der Waals surface area contributed by atoms with Crippen molar-refractivity contribution in [2.24, 2.45) is 0 Å². The number of nitrogens with zero attached hydrogens (tertiary/aromatic N) is 1. The third-order valence-corrected chi connectivity index (χ3v) is 4.07. The zero-order chi connectivity index (χ0) is 15.6. The molecule has 0 radical (unpaired) electrons.